The average Bonchev–Trinajstić information content (AvgIpc) is 3.02. The van der Waals surface area contributed by atoms with Crippen molar-refractivity contribution in [3.05, 3.63) is 51.9 Å². The highest BCUT2D eigenvalue weighted by Crippen LogP contribution is 2.33. The number of nitrogens with two attached hydrogens (primary N) is 1. The van der Waals surface area contributed by atoms with Crippen molar-refractivity contribution in [1.29, 1.82) is 0 Å². The maximum atomic E-state index is 12.3. The number of nitrogen functional groups attached to an aromatic ring is 1. The van der Waals surface area contributed by atoms with Crippen LogP contribution in [-0.4, -0.2) is 31.5 Å². The van der Waals surface area contributed by atoms with E-state index in [1.54, 1.807) is 6.92 Å². The highest BCUT2D eigenvalue weighted by atomic mass is 32.1. The fraction of sp³-hybridized carbons (Fsp3) is 0.350. The van der Waals surface area contributed by atoms with Gasteiger partial charge >= 0.3 is 11.9 Å². The molecule has 8 heteroatoms. The van der Waals surface area contributed by atoms with Crippen molar-refractivity contribution in [1.82, 2.24) is 5.32 Å². The molecule has 1 amide bonds. The highest BCUT2D eigenvalue weighted by Gasteiger charge is 2.27. The number of benzene rings is 1. The molecule has 150 valence electrons. The van der Waals surface area contributed by atoms with Crippen molar-refractivity contribution in [3.63, 3.8) is 0 Å². The zero-order valence-corrected chi connectivity index (χ0v) is 16.9. The molecule has 0 radical (unpaired) electrons. The molecule has 0 aliphatic heterocycles. The molecule has 3 N–H and O–H groups in total. The summed E-state index contributed by atoms with van der Waals surface area (Å²) in [7, 11) is 1.47. The monoisotopic (exact) mass is 404 g/mol. The molecule has 1 aromatic heterocycles. The van der Waals surface area contributed by atoms with Gasteiger partial charge in [-0.15, -0.1) is 11.3 Å². The molecule has 0 saturated carbocycles. The Kier molecular flexibility index (Phi) is 7.57. The molecule has 28 heavy (non-hydrogen) atoms. The zero-order chi connectivity index (χ0) is 20.7. The minimum atomic E-state index is -0.643. The van der Waals surface area contributed by atoms with Gasteiger partial charge in [-0.25, -0.2) is 4.79 Å². The molecule has 0 aliphatic carbocycles. The van der Waals surface area contributed by atoms with E-state index in [2.05, 4.69) is 5.32 Å². The molecule has 1 atom stereocenters. The van der Waals surface area contributed by atoms with Gasteiger partial charge in [-0.1, -0.05) is 37.3 Å². The Labute approximate surface area is 167 Å². The van der Waals surface area contributed by atoms with E-state index in [1.165, 1.54) is 7.05 Å². The number of rotatable bonds is 8. The van der Waals surface area contributed by atoms with Gasteiger partial charge in [0.15, 0.2) is 0 Å². The summed E-state index contributed by atoms with van der Waals surface area (Å²) in [6, 6.07) is 9.62. The van der Waals surface area contributed by atoms with Gasteiger partial charge in [0.25, 0.3) is 5.91 Å². The molecule has 0 saturated heterocycles. The fourth-order valence-corrected chi connectivity index (χ4v) is 3.71. The van der Waals surface area contributed by atoms with Crippen LogP contribution in [0.5, 0.6) is 0 Å². The van der Waals surface area contributed by atoms with E-state index in [4.69, 9.17) is 15.2 Å². The molecular formula is C20H24N2O5S. The fourth-order valence-electron chi connectivity index (χ4n) is 2.71. The Morgan fingerprint density at radius 2 is 1.86 bits per heavy atom. The minimum absolute atomic E-state index is 0.0239. The van der Waals surface area contributed by atoms with Crippen LogP contribution in [0.15, 0.2) is 30.3 Å². The van der Waals surface area contributed by atoms with Crippen LogP contribution in [-0.2, 0) is 20.9 Å². The number of anilines is 1. The van der Waals surface area contributed by atoms with Crippen molar-refractivity contribution < 1.29 is 23.9 Å². The molecule has 1 aromatic carbocycles. The average molecular weight is 404 g/mol. The summed E-state index contributed by atoms with van der Waals surface area (Å²) in [5.74, 6) is -1.51. The van der Waals surface area contributed by atoms with Crippen LogP contribution in [0.4, 0.5) is 5.00 Å². The van der Waals surface area contributed by atoms with Crippen molar-refractivity contribution in [3.8, 4) is 0 Å². The topological polar surface area (TPSA) is 108 Å². The van der Waals surface area contributed by atoms with E-state index in [9.17, 15) is 14.4 Å². The third-order valence-electron chi connectivity index (χ3n) is 4.17. The summed E-state index contributed by atoms with van der Waals surface area (Å²) < 4.78 is 10.4. The SMILES string of the molecule is CCOC(=O)c1c(N)sc(C(=O)NC)c1COC(=O)C[C@@H](C)c1ccccc1. The van der Waals surface area contributed by atoms with E-state index in [1.807, 2.05) is 37.3 Å². The number of hydrogen-bond donors (Lipinski definition) is 2. The lowest BCUT2D eigenvalue weighted by molar-refractivity contribution is -0.145. The number of nitrogens with one attached hydrogen (secondary N) is 1. The lowest BCUT2D eigenvalue weighted by atomic mass is 9.98. The Hall–Kier alpha value is -2.87. The number of amides is 1. The maximum absolute atomic E-state index is 12.3. The van der Waals surface area contributed by atoms with E-state index in [0.717, 1.165) is 16.9 Å². The first-order chi connectivity index (χ1) is 13.4. The molecule has 2 aromatic rings. The second kappa shape index (κ2) is 9.89. The lowest BCUT2D eigenvalue weighted by Crippen LogP contribution is -2.20. The van der Waals surface area contributed by atoms with Gasteiger partial charge in [0, 0.05) is 12.6 Å². The molecule has 0 bridgehead atoms. The van der Waals surface area contributed by atoms with E-state index in [0.29, 0.717) is 0 Å². The van der Waals surface area contributed by atoms with Crippen molar-refractivity contribution in [2.24, 2.45) is 0 Å². The van der Waals surface area contributed by atoms with Crippen LogP contribution in [0.25, 0.3) is 0 Å². The molecule has 7 nitrogen and oxygen atoms in total. The summed E-state index contributed by atoms with van der Waals surface area (Å²) in [4.78, 5) is 36.9. The molecule has 0 unspecified atom stereocenters. The Bertz CT molecular complexity index is 848. The van der Waals surface area contributed by atoms with Crippen LogP contribution in [0.1, 0.15) is 57.3 Å². The summed E-state index contributed by atoms with van der Waals surface area (Å²) in [6.45, 7) is 3.53. The normalized spacial score (nSPS) is 11.5. The third kappa shape index (κ3) is 5.10. The van der Waals surface area contributed by atoms with Gasteiger partial charge < -0.3 is 20.5 Å². The lowest BCUT2D eigenvalue weighted by Gasteiger charge is -2.12. The number of carbonyl (C=O) groups is 3. The van der Waals surface area contributed by atoms with Crippen LogP contribution in [0.2, 0.25) is 0 Å². The van der Waals surface area contributed by atoms with Gasteiger partial charge in [-0.3, -0.25) is 9.59 Å². The standard InChI is InChI=1S/C20H24N2O5S/c1-4-26-20(25)16-14(17(19(24)22-3)28-18(16)21)11-27-15(23)10-12(2)13-8-6-5-7-9-13/h5-9,12H,4,10-11,21H2,1-3H3,(H,22,24)/t12-/m1/s1. The first-order valence-corrected chi connectivity index (χ1v) is 9.71. The van der Waals surface area contributed by atoms with Crippen LogP contribution in [0, 0.1) is 0 Å². The Morgan fingerprint density at radius 3 is 2.46 bits per heavy atom. The van der Waals surface area contributed by atoms with Gasteiger partial charge in [-0.2, -0.15) is 0 Å². The Morgan fingerprint density at radius 1 is 1.18 bits per heavy atom. The van der Waals surface area contributed by atoms with Crippen molar-refractivity contribution >= 4 is 34.2 Å². The van der Waals surface area contributed by atoms with Gasteiger partial charge in [0.05, 0.1) is 13.0 Å². The largest absolute Gasteiger partial charge is 0.462 e. The quantitative estimate of drug-likeness (QED) is 0.655. The van der Waals surface area contributed by atoms with Gasteiger partial charge in [-0.05, 0) is 18.4 Å². The van der Waals surface area contributed by atoms with E-state index >= 15 is 0 Å². The predicted octanol–water partition coefficient (Wildman–Crippen LogP) is 3.10. The summed E-state index contributed by atoms with van der Waals surface area (Å²) >= 11 is 0.964. The number of hydrogen-bond acceptors (Lipinski definition) is 7. The maximum Gasteiger partial charge on any atom is 0.341 e. The predicted molar refractivity (Wildman–Crippen MR) is 107 cm³/mol. The molecular weight excluding hydrogens is 380 g/mol. The summed E-state index contributed by atoms with van der Waals surface area (Å²) in [5, 5.41) is 2.65. The molecule has 1 heterocycles. The first-order valence-electron chi connectivity index (χ1n) is 8.89. The minimum Gasteiger partial charge on any atom is -0.462 e. The second-order valence-corrected chi connectivity index (χ2v) is 7.18. The van der Waals surface area contributed by atoms with Gasteiger partial charge in [0.1, 0.15) is 22.0 Å². The molecule has 0 fully saturated rings. The van der Waals surface area contributed by atoms with Crippen LogP contribution in [0.3, 0.4) is 0 Å². The number of carbonyl (C=O) groups excluding carboxylic acids is 3. The number of esters is 2. The smallest absolute Gasteiger partial charge is 0.341 e. The molecule has 2 rings (SSSR count). The molecule has 0 aliphatic rings. The third-order valence-corrected chi connectivity index (χ3v) is 5.23. The number of thiophene rings is 1. The summed E-state index contributed by atoms with van der Waals surface area (Å²) in [5.41, 5.74) is 7.29. The molecule has 0 spiro atoms. The first kappa shape index (κ1) is 21.4. The highest BCUT2D eigenvalue weighted by molar-refractivity contribution is 7.18. The van der Waals surface area contributed by atoms with Crippen molar-refractivity contribution in [2.45, 2.75) is 32.8 Å². The van der Waals surface area contributed by atoms with Crippen LogP contribution >= 0.6 is 11.3 Å². The van der Waals surface area contributed by atoms with Crippen LogP contribution < -0.4 is 11.1 Å². The van der Waals surface area contributed by atoms with Gasteiger partial charge in [0.2, 0.25) is 0 Å². The Balaban J connectivity index is 2.16. The van der Waals surface area contributed by atoms with Crippen molar-refractivity contribution in [2.75, 3.05) is 19.4 Å². The zero-order valence-electron chi connectivity index (χ0n) is 16.1. The summed E-state index contributed by atoms with van der Waals surface area (Å²) in [6.07, 6.45) is 0.174. The second-order valence-electron chi connectivity index (χ2n) is 6.13. The van der Waals surface area contributed by atoms with E-state index in [-0.39, 0.29) is 46.6 Å². The number of ether oxygens (including phenoxy) is 2. The van der Waals surface area contributed by atoms with E-state index < -0.39 is 17.8 Å².